The average molecular weight is 458 g/mol. The summed E-state index contributed by atoms with van der Waals surface area (Å²) in [4.78, 5) is 22.8. The fourth-order valence-electron chi connectivity index (χ4n) is 4.75. The smallest absolute Gasteiger partial charge is 0.254 e. The Labute approximate surface area is 198 Å². The Bertz CT molecular complexity index is 1350. The first-order chi connectivity index (χ1) is 16.4. The van der Waals surface area contributed by atoms with Crippen LogP contribution in [0.3, 0.4) is 0 Å². The van der Waals surface area contributed by atoms with Gasteiger partial charge in [0.05, 0.1) is 22.5 Å². The van der Waals surface area contributed by atoms with Crippen molar-refractivity contribution in [2.75, 3.05) is 26.2 Å². The second kappa shape index (κ2) is 8.99. The minimum atomic E-state index is -0.222. The minimum absolute atomic E-state index is 0.0282. The molecular weight excluding hydrogens is 429 g/mol. The van der Waals surface area contributed by atoms with Crippen LogP contribution >= 0.6 is 0 Å². The number of para-hydroxylation sites is 1. The molecule has 0 aliphatic carbocycles. The van der Waals surface area contributed by atoms with Gasteiger partial charge < -0.3 is 4.90 Å². The van der Waals surface area contributed by atoms with E-state index in [-0.39, 0.29) is 11.7 Å². The van der Waals surface area contributed by atoms with Gasteiger partial charge in [0.2, 0.25) is 0 Å². The van der Waals surface area contributed by atoms with Crippen LogP contribution in [0, 0.1) is 19.7 Å². The van der Waals surface area contributed by atoms with Crippen LogP contribution in [0.25, 0.3) is 22.2 Å². The normalized spacial score (nSPS) is 14.6. The highest BCUT2D eigenvalue weighted by Gasteiger charge is 2.25. The number of hydrogen-bond acceptors (Lipinski definition) is 4. The molecule has 5 rings (SSSR count). The van der Waals surface area contributed by atoms with Crippen molar-refractivity contribution < 1.29 is 9.18 Å². The van der Waals surface area contributed by atoms with Crippen molar-refractivity contribution in [2.24, 2.45) is 7.05 Å². The molecule has 1 amide bonds. The van der Waals surface area contributed by atoms with Crippen LogP contribution in [-0.4, -0.2) is 56.7 Å². The van der Waals surface area contributed by atoms with Crippen molar-refractivity contribution in [2.45, 2.75) is 20.4 Å². The number of piperazine rings is 1. The van der Waals surface area contributed by atoms with E-state index in [1.807, 2.05) is 72.9 Å². The Kier molecular flexibility index (Phi) is 5.87. The van der Waals surface area contributed by atoms with Crippen LogP contribution < -0.4 is 0 Å². The van der Waals surface area contributed by atoms with Gasteiger partial charge in [0.15, 0.2) is 0 Å². The summed E-state index contributed by atoms with van der Waals surface area (Å²) < 4.78 is 15.0. The summed E-state index contributed by atoms with van der Waals surface area (Å²) in [5.74, 6) is -0.194. The molecule has 0 radical (unpaired) electrons. The van der Waals surface area contributed by atoms with Crippen molar-refractivity contribution in [1.82, 2.24) is 24.6 Å². The number of fused-ring (bicyclic) bond motifs is 1. The third-order valence-corrected chi connectivity index (χ3v) is 6.69. The van der Waals surface area contributed by atoms with Crippen molar-refractivity contribution in [1.29, 1.82) is 0 Å². The van der Waals surface area contributed by atoms with Gasteiger partial charge in [-0.25, -0.2) is 9.37 Å². The van der Waals surface area contributed by atoms with Crippen LogP contribution in [0.4, 0.5) is 4.39 Å². The van der Waals surface area contributed by atoms with Gasteiger partial charge in [0.25, 0.3) is 5.91 Å². The largest absolute Gasteiger partial charge is 0.336 e. The number of hydrogen-bond donors (Lipinski definition) is 0. The fourth-order valence-corrected chi connectivity index (χ4v) is 4.75. The van der Waals surface area contributed by atoms with E-state index < -0.39 is 0 Å². The van der Waals surface area contributed by atoms with E-state index in [4.69, 9.17) is 4.98 Å². The molecule has 6 nitrogen and oxygen atoms in total. The van der Waals surface area contributed by atoms with Gasteiger partial charge in [-0.3, -0.25) is 14.4 Å². The standard InChI is InChI=1S/C27H28FN5O/c1-18-26(19(2)31(3)30-18)25-16-23(22-6-4-5-7-24(22)29-25)27(34)33-14-12-32(13-15-33)17-20-8-10-21(28)11-9-20/h4-11,16H,12-15,17H2,1-3H3. The van der Waals surface area contributed by atoms with Crippen molar-refractivity contribution >= 4 is 16.8 Å². The summed E-state index contributed by atoms with van der Waals surface area (Å²) in [5, 5.41) is 5.40. The predicted octanol–water partition coefficient (Wildman–Crippen LogP) is 4.35. The summed E-state index contributed by atoms with van der Waals surface area (Å²) in [5.41, 5.74) is 6.24. The Hall–Kier alpha value is -3.58. The molecule has 0 N–H and O–H groups in total. The number of pyridine rings is 1. The predicted molar refractivity (Wildman–Crippen MR) is 131 cm³/mol. The molecule has 1 aliphatic rings. The van der Waals surface area contributed by atoms with Crippen LogP contribution in [0.1, 0.15) is 27.3 Å². The van der Waals surface area contributed by atoms with Crippen LogP contribution in [0.5, 0.6) is 0 Å². The molecule has 3 heterocycles. The van der Waals surface area contributed by atoms with Crippen LogP contribution in [-0.2, 0) is 13.6 Å². The Balaban J connectivity index is 1.40. The van der Waals surface area contributed by atoms with Gasteiger partial charge in [0, 0.05) is 56.4 Å². The van der Waals surface area contributed by atoms with E-state index in [0.717, 1.165) is 58.7 Å². The number of aryl methyl sites for hydroxylation is 2. The van der Waals surface area contributed by atoms with Crippen molar-refractivity contribution in [3.05, 3.63) is 82.9 Å². The summed E-state index contributed by atoms with van der Waals surface area (Å²) in [6.07, 6.45) is 0. The zero-order valence-electron chi connectivity index (χ0n) is 19.8. The maximum absolute atomic E-state index is 13.7. The van der Waals surface area contributed by atoms with Crippen LogP contribution in [0.2, 0.25) is 0 Å². The van der Waals surface area contributed by atoms with Gasteiger partial charge in [-0.1, -0.05) is 30.3 Å². The Morgan fingerprint density at radius 1 is 1.00 bits per heavy atom. The maximum Gasteiger partial charge on any atom is 0.254 e. The molecule has 4 aromatic rings. The van der Waals surface area contributed by atoms with Gasteiger partial charge in [-0.15, -0.1) is 0 Å². The molecule has 0 unspecified atom stereocenters. The third-order valence-electron chi connectivity index (χ3n) is 6.69. The minimum Gasteiger partial charge on any atom is -0.336 e. The number of carbonyl (C=O) groups is 1. The quantitative estimate of drug-likeness (QED) is 0.457. The number of nitrogens with zero attached hydrogens (tertiary/aromatic N) is 5. The SMILES string of the molecule is Cc1nn(C)c(C)c1-c1cc(C(=O)N2CCN(Cc3ccc(F)cc3)CC2)c2ccccc2n1. The second-order valence-electron chi connectivity index (χ2n) is 8.94. The van der Waals surface area contributed by atoms with E-state index in [1.165, 1.54) is 12.1 Å². The monoisotopic (exact) mass is 457 g/mol. The summed E-state index contributed by atoms with van der Waals surface area (Å²) in [6.45, 7) is 7.60. The zero-order valence-corrected chi connectivity index (χ0v) is 19.8. The highest BCUT2D eigenvalue weighted by Crippen LogP contribution is 2.30. The lowest BCUT2D eigenvalue weighted by molar-refractivity contribution is 0.0630. The molecule has 34 heavy (non-hydrogen) atoms. The topological polar surface area (TPSA) is 54.3 Å². The molecule has 1 aliphatic heterocycles. The number of aromatic nitrogens is 3. The van der Waals surface area contributed by atoms with Gasteiger partial charge in [0.1, 0.15) is 5.82 Å². The highest BCUT2D eigenvalue weighted by molar-refractivity contribution is 6.07. The Morgan fingerprint density at radius 3 is 2.38 bits per heavy atom. The molecule has 7 heteroatoms. The van der Waals surface area contributed by atoms with E-state index >= 15 is 0 Å². The molecular formula is C27H28FN5O. The number of rotatable bonds is 4. The van der Waals surface area contributed by atoms with Crippen molar-refractivity contribution in [3.8, 4) is 11.3 Å². The van der Waals surface area contributed by atoms with E-state index in [2.05, 4.69) is 10.00 Å². The maximum atomic E-state index is 13.7. The molecule has 1 fully saturated rings. The highest BCUT2D eigenvalue weighted by atomic mass is 19.1. The molecule has 0 bridgehead atoms. The molecule has 1 saturated heterocycles. The summed E-state index contributed by atoms with van der Waals surface area (Å²) in [6, 6.07) is 16.4. The van der Waals surface area contributed by atoms with Gasteiger partial charge >= 0.3 is 0 Å². The first kappa shape index (κ1) is 22.2. The fraction of sp³-hybridized carbons (Fsp3) is 0.296. The van der Waals surface area contributed by atoms with Crippen LogP contribution in [0.15, 0.2) is 54.6 Å². The van der Waals surface area contributed by atoms with E-state index in [9.17, 15) is 9.18 Å². The lowest BCUT2D eigenvalue weighted by Gasteiger charge is -2.35. The van der Waals surface area contributed by atoms with Crippen molar-refractivity contribution in [3.63, 3.8) is 0 Å². The lowest BCUT2D eigenvalue weighted by atomic mass is 10.0. The number of amides is 1. The number of halogens is 1. The zero-order chi connectivity index (χ0) is 23.8. The summed E-state index contributed by atoms with van der Waals surface area (Å²) >= 11 is 0. The average Bonchev–Trinajstić information content (AvgIpc) is 3.10. The molecule has 2 aromatic carbocycles. The first-order valence-electron chi connectivity index (χ1n) is 11.6. The van der Waals surface area contributed by atoms with E-state index in [0.29, 0.717) is 18.7 Å². The number of benzene rings is 2. The first-order valence-corrected chi connectivity index (χ1v) is 11.6. The molecule has 174 valence electrons. The third kappa shape index (κ3) is 4.19. The molecule has 2 aromatic heterocycles. The van der Waals surface area contributed by atoms with E-state index in [1.54, 1.807) is 0 Å². The summed E-state index contributed by atoms with van der Waals surface area (Å²) in [7, 11) is 1.92. The molecule has 0 atom stereocenters. The van der Waals surface area contributed by atoms with Gasteiger partial charge in [-0.2, -0.15) is 5.10 Å². The second-order valence-corrected chi connectivity index (χ2v) is 8.94. The molecule has 0 spiro atoms. The number of carbonyl (C=O) groups excluding carboxylic acids is 1. The lowest BCUT2D eigenvalue weighted by Crippen LogP contribution is -2.48. The Morgan fingerprint density at radius 2 is 1.71 bits per heavy atom. The van der Waals surface area contributed by atoms with Gasteiger partial charge in [-0.05, 0) is 43.7 Å². The molecule has 0 saturated carbocycles.